The van der Waals surface area contributed by atoms with Crippen LogP contribution in [0.3, 0.4) is 0 Å². The Hall–Kier alpha value is -0.630. The summed E-state index contributed by atoms with van der Waals surface area (Å²) < 4.78 is 5.56. The Labute approximate surface area is 100 Å². The highest BCUT2D eigenvalue weighted by Gasteiger charge is 2.25. The number of carbonyl (C=O) groups is 1. The average molecular weight is 226 g/mol. The summed E-state index contributed by atoms with van der Waals surface area (Å²) in [6.45, 7) is 14.5. The van der Waals surface area contributed by atoms with E-state index >= 15 is 0 Å². The van der Waals surface area contributed by atoms with Crippen LogP contribution in [0.1, 0.15) is 47.5 Å². The molecule has 0 fully saturated rings. The van der Waals surface area contributed by atoms with Gasteiger partial charge in [0.05, 0.1) is 6.61 Å². The molecule has 0 heterocycles. The highest BCUT2D eigenvalue weighted by Crippen LogP contribution is 2.24. The van der Waals surface area contributed by atoms with Crippen molar-refractivity contribution in [1.82, 2.24) is 0 Å². The van der Waals surface area contributed by atoms with Gasteiger partial charge in [0.25, 0.3) is 0 Å². The van der Waals surface area contributed by atoms with E-state index in [0.29, 0.717) is 18.9 Å². The molecule has 94 valence electrons. The Balaban J connectivity index is 4.40. The van der Waals surface area contributed by atoms with Gasteiger partial charge in [0.1, 0.15) is 6.10 Å². The van der Waals surface area contributed by atoms with Crippen molar-refractivity contribution in [3.05, 3.63) is 12.7 Å². The molecule has 0 aliphatic rings. The molecular formula is C14H26O2. The van der Waals surface area contributed by atoms with E-state index in [-0.39, 0.29) is 17.3 Å². The monoisotopic (exact) mass is 226 g/mol. The maximum absolute atomic E-state index is 12.0. The Morgan fingerprint density at radius 3 is 2.31 bits per heavy atom. The fourth-order valence-electron chi connectivity index (χ4n) is 1.54. The van der Waals surface area contributed by atoms with Crippen LogP contribution in [0.5, 0.6) is 0 Å². The molecule has 0 aliphatic heterocycles. The lowest BCUT2D eigenvalue weighted by atomic mass is 9.86. The fourth-order valence-corrected chi connectivity index (χ4v) is 1.54. The van der Waals surface area contributed by atoms with E-state index < -0.39 is 0 Å². The predicted molar refractivity (Wildman–Crippen MR) is 68.5 cm³/mol. The van der Waals surface area contributed by atoms with Gasteiger partial charge in [-0.25, -0.2) is 0 Å². The second kappa shape index (κ2) is 6.85. The molecule has 0 aromatic carbocycles. The van der Waals surface area contributed by atoms with Gasteiger partial charge in [-0.2, -0.15) is 0 Å². The minimum absolute atomic E-state index is 0.110. The van der Waals surface area contributed by atoms with Crippen LogP contribution < -0.4 is 0 Å². The lowest BCUT2D eigenvalue weighted by Crippen LogP contribution is -2.30. The summed E-state index contributed by atoms with van der Waals surface area (Å²) in [5.41, 5.74) is 0.110. The first-order valence-corrected chi connectivity index (χ1v) is 6.01. The maximum Gasteiger partial charge on any atom is 0.161 e. The van der Waals surface area contributed by atoms with E-state index in [1.807, 2.05) is 0 Å². The minimum atomic E-state index is -0.277. The van der Waals surface area contributed by atoms with Crippen LogP contribution in [0.15, 0.2) is 12.7 Å². The van der Waals surface area contributed by atoms with Crippen molar-refractivity contribution in [3.8, 4) is 0 Å². The molecule has 0 aromatic rings. The summed E-state index contributed by atoms with van der Waals surface area (Å²) in [7, 11) is 0. The van der Waals surface area contributed by atoms with E-state index in [2.05, 4.69) is 41.2 Å². The first-order chi connectivity index (χ1) is 7.26. The Morgan fingerprint density at radius 1 is 1.38 bits per heavy atom. The zero-order valence-electron chi connectivity index (χ0n) is 11.4. The topological polar surface area (TPSA) is 26.3 Å². The van der Waals surface area contributed by atoms with Gasteiger partial charge in [-0.1, -0.05) is 40.7 Å². The van der Waals surface area contributed by atoms with Crippen molar-refractivity contribution in [2.24, 2.45) is 11.3 Å². The highest BCUT2D eigenvalue weighted by molar-refractivity contribution is 5.83. The fraction of sp³-hybridized carbons (Fsp3) is 0.786. The third-order valence-corrected chi connectivity index (χ3v) is 2.18. The van der Waals surface area contributed by atoms with Crippen LogP contribution in [-0.2, 0) is 9.53 Å². The third kappa shape index (κ3) is 7.63. The molecule has 0 N–H and O–H groups in total. The van der Waals surface area contributed by atoms with Crippen molar-refractivity contribution in [2.75, 3.05) is 6.61 Å². The highest BCUT2D eigenvalue weighted by atomic mass is 16.5. The number of Topliss-reactive ketones (excluding diaryl/α,β-unsaturated/α-hetero) is 1. The molecule has 1 unspecified atom stereocenters. The van der Waals surface area contributed by atoms with Gasteiger partial charge in [0, 0.05) is 6.42 Å². The van der Waals surface area contributed by atoms with Crippen molar-refractivity contribution < 1.29 is 9.53 Å². The van der Waals surface area contributed by atoms with Gasteiger partial charge in [-0.15, -0.1) is 6.58 Å². The zero-order chi connectivity index (χ0) is 12.8. The third-order valence-electron chi connectivity index (χ3n) is 2.18. The van der Waals surface area contributed by atoms with Gasteiger partial charge in [-0.3, -0.25) is 4.79 Å². The molecule has 0 radical (unpaired) electrons. The predicted octanol–water partition coefficient (Wildman–Crippen LogP) is 3.61. The minimum Gasteiger partial charge on any atom is -0.366 e. The maximum atomic E-state index is 12.0. The van der Waals surface area contributed by atoms with Crippen molar-refractivity contribution in [1.29, 1.82) is 0 Å². The standard InChI is InChI=1S/C14H26O2/c1-7-8-16-13(10-14(4,5)6)12(15)9-11(2)3/h7,11,13H,1,8-10H2,2-6H3. The van der Waals surface area contributed by atoms with Gasteiger partial charge in [0.2, 0.25) is 0 Å². The lowest BCUT2D eigenvalue weighted by Gasteiger charge is -2.25. The molecule has 2 heteroatoms. The number of carbonyl (C=O) groups excluding carboxylic acids is 1. The van der Waals surface area contributed by atoms with Crippen LogP contribution in [0, 0.1) is 11.3 Å². The quantitative estimate of drug-likeness (QED) is 0.620. The van der Waals surface area contributed by atoms with Crippen LogP contribution in [-0.4, -0.2) is 18.5 Å². The number of hydrogen-bond donors (Lipinski definition) is 0. The molecule has 0 spiro atoms. The first kappa shape index (κ1) is 15.4. The SMILES string of the molecule is C=CCOC(CC(C)(C)C)C(=O)CC(C)C. The summed E-state index contributed by atoms with van der Waals surface area (Å²) in [5.74, 6) is 0.606. The van der Waals surface area contributed by atoms with E-state index in [4.69, 9.17) is 4.74 Å². The largest absolute Gasteiger partial charge is 0.366 e. The Bertz CT molecular complexity index is 223. The van der Waals surface area contributed by atoms with Gasteiger partial charge >= 0.3 is 0 Å². The zero-order valence-corrected chi connectivity index (χ0v) is 11.4. The molecule has 0 aliphatic carbocycles. The second-order valence-electron chi connectivity index (χ2n) is 5.94. The van der Waals surface area contributed by atoms with Crippen molar-refractivity contribution in [2.45, 2.75) is 53.6 Å². The second-order valence-corrected chi connectivity index (χ2v) is 5.94. The number of rotatable bonds is 7. The summed E-state index contributed by atoms with van der Waals surface area (Å²) in [6, 6.07) is 0. The summed E-state index contributed by atoms with van der Waals surface area (Å²) in [4.78, 5) is 12.0. The van der Waals surface area contributed by atoms with Crippen LogP contribution in [0.25, 0.3) is 0 Å². The molecule has 0 amide bonds. The van der Waals surface area contributed by atoms with Crippen LogP contribution in [0.2, 0.25) is 0 Å². The summed E-state index contributed by atoms with van der Waals surface area (Å²) >= 11 is 0. The summed E-state index contributed by atoms with van der Waals surface area (Å²) in [5, 5.41) is 0. The molecule has 0 saturated heterocycles. The Kier molecular flexibility index (Phi) is 6.58. The molecule has 0 saturated carbocycles. The Morgan fingerprint density at radius 2 is 1.94 bits per heavy atom. The summed E-state index contributed by atoms with van der Waals surface area (Å²) in [6.07, 6.45) is 2.78. The van der Waals surface area contributed by atoms with E-state index in [0.717, 1.165) is 6.42 Å². The molecule has 0 aromatic heterocycles. The van der Waals surface area contributed by atoms with Crippen LogP contribution >= 0.6 is 0 Å². The first-order valence-electron chi connectivity index (χ1n) is 6.01. The van der Waals surface area contributed by atoms with Gasteiger partial charge in [-0.05, 0) is 17.8 Å². The van der Waals surface area contributed by atoms with Crippen molar-refractivity contribution >= 4 is 5.78 Å². The van der Waals surface area contributed by atoms with E-state index in [1.165, 1.54) is 0 Å². The number of ether oxygens (including phenoxy) is 1. The van der Waals surface area contributed by atoms with E-state index in [9.17, 15) is 4.79 Å². The van der Waals surface area contributed by atoms with E-state index in [1.54, 1.807) is 6.08 Å². The van der Waals surface area contributed by atoms with Crippen LogP contribution in [0.4, 0.5) is 0 Å². The lowest BCUT2D eigenvalue weighted by molar-refractivity contribution is -0.132. The molecule has 2 nitrogen and oxygen atoms in total. The van der Waals surface area contributed by atoms with Gasteiger partial charge in [0.15, 0.2) is 5.78 Å². The number of hydrogen-bond acceptors (Lipinski definition) is 2. The number of ketones is 1. The average Bonchev–Trinajstić information content (AvgIpc) is 2.09. The molecule has 0 rings (SSSR count). The smallest absolute Gasteiger partial charge is 0.161 e. The van der Waals surface area contributed by atoms with Gasteiger partial charge < -0.3 is 4.74 Å². The molecule has 1 atom stereocenters. The molecule has 16 heavy (non-hydrogen) atoms. The molecule has 0 bridgehead atoms. The normalized spacial score (nSPS) is 13.9. The molecular weight excluding hydrogens is 200 g/mol. The van der Waals surface area contributed by atoms with Crippen molar-refractivity contribution in [3.63, 3.8) is 0 Å².